The number of hydrogen-bond donors (Lipinski definition) is 0. The first-order valence-electron chi connectivity index (χ1n) is 6.25. The molecule has 0 saturated carbocycles. The van der Waals surface area contributed by atoms with Gasteiger partial charge in [-0.3, -0.25) is 9.59 Å². The van der Waals surface area contributed by atoms with E-state index >= 15 is 0 Å². The summed E-state index contributed by atoms with van der Waals surface area (Å²) in [6.45, 7) is 3.58. The van der Waals surface area contributed by atoms with Crippen LogP contribution < -0.4 is 0 Å². The fraction of sp³-hybridized carbons (Fsp3) is 0.333. The molecule has 100 valence electrons. The third-order valence-electron chi connectivity index (χ3n) is 2.84. The number of aryl methyl sites for hydroxylation is 2. The van der Waals surface area contributed by atoms with Gasteiger partial charge >= 0.3 is 0 Å². The average Bonchev–Trinajstić information content (AvgIpc) is 2.98. The smallest absolute Gasteiger partial charge is 0.198 e. The Labute approximate surface area is 111 Å². The fourth-order valence-electron chi connectivity index (χ4n) is 1.82. The van der Waals surface area contributed by atoms with Crippen LogP contribution in [0.25, 0.3) is 0 Å². The van der Waals surface area contributed by atoms with Crippen LogP contribution >= 0.6 is 0 Å². The van der Waals surface area contributed by atoms with Crippen molar-refractivity contribution in [3.05, 3.63) is 47.3 Å². The highest BCUT2D eigenvalue weighted by molar-refractivity contribution is 5.95. The molecule has 0 atom stereocenters. The second kappa shape index (κ2) is 5.69. The molecule has 0 bridgehead atoms. The molecule has 0 fully saturated rings. The van der Waals surface area contributed by atoms with E-state index in [4.69, 9.17) is 8.83 Å². The maximum Gasteiger partial charge on any atom is 0.198 e. The van der Waals surface area contributed by atoms with E-state index < -0.39 is 0 Å². The van der Waals surface area contributed by atoms with E-state index in [1.54, 1.807) is 38.1 Å². The Morgan fingerprint density at radius 3 is 1.58 bits per heavy atom. The molecule has 0 aliphatic rings. The molecule has 0 unspecified atom stereocenters. The standard InChI is InChI=1S/C15H16O4/c1-10-6-8-14(18-10)12(16)4-3-5-13(17)15-9-7-11(2)19-15/h6-9H,3-5H2,1-2H3. The van der Waals surface area contributed by atoms with Gasteiger partial charge < -0.3 is 8.83 Å². The van der Waals surface area contributed by atoms with Crippen molar-refractivity contribution in [3.63, 3.8) is 0 Å². The van der Waals surface area contributed by atoms with Gasteiger partial charge in [0.1, 0.15) is 11.5 Å². The maximum absolute atomic E-state index is 11.8. The molecule has 0 saturated heterocycles. The van der Waals surface area contributed by atoms with Crippen molar-refractivity contribution in [2.24, 2.45) is 0 Å². The van der Waals surface area contributed by atoms with E-state index in [-0.39, 0.29) is 11.6 Å². The summed E-state index contributed by atoms with van der Waals surface area (Å²) in [6.07, 6.45) is 1.11. The molecule has 2 aromatic heterocycles. The molecule has 4 heteroatoms. The maximum atomic E-state index is 11.8. The number of furan rings is 2. The van der Waals surface area contributed by atoms with Crippen molar-refractivity contribution in [3.8, 4) is 0 Å². The van der Waals surface area contributed by atoms with Gasteiger partial charge in [-0.15, -0.1) is 0 Å². The van der Waals surface area contributed by atoms with Gasteiger partial charge in [0, 0.05) is 12.8 Å². The Morgan fingerprint density at radius 2 is 1.26 bits per heavy atom. The predicted molar refractivity (Wildman–Crippen MR) is 69.4 cm³/mol. The highest BCUT2D eigenvalue weighted by Gasteiger charge is 2.13. The van der Waals surface area contributed by atoms with Crippen LogP contribution in [0.4, 0.5) is 0 Å². The predicted octanol–water partition coefficient (Wildman–Crippen LogP) is 3.73. The van der Waals surface area contributed by atoms with Gasteiger partial charge in [-0.05, 0) is 44.5 Å². The zero-order valence-electron chi connectivity index (χ0n) is 11.1. The quantitative estimate of drug-likeness (QED) is 0.742. The van der Waals surface area contributed by atoms with Crippen molar-refractivity contribution in [2.75, 3.05) is 0 Å². The third kappa shape index (κ3) is 3.44. The molecule has 0 aliphatic carbocycles. The van der Waals surface area contributed by atoms with Crippen LogP contribution in [0.3, 0.4) is 0 Å². The molecule has 0 radical (unpaired) electrons. The van der Waals surface area contributed by atoms with Crippen LogP contribution in [0.5, 0.6) is 0 Å². The van der Waals surface area contributed by atoms with Gasteiger partial charge in [-0.2, -0.15) is 0 Å². The number of carbonyl (C=O) groups excluding carboxylic acids is 2. The van der Waals surface area contributed by atoms with Gasteiger partial charge in [0.15, 0.2) is 23.1 Å². The van der Waals surface area contributed by atoms with Crippen molar-refractivity contribution < 1.29 is 18.4 Å². The van der Waals surface area contributed by atoms with Crippen LogP contribution in [-0.2, 0) is 0 Å². The van der Waals surface area contributed by atoms with Crippen molar-refractivity contribution in [1.29, 1.82) is 0 Å². The molecular formula is C15H16O4. The summed E-state index contributed by atoms with van der Waals surface area (Å²) in [7, 11) is 0. The van der Waals surface area contributed by atoms with Crippen LogP contribution in [0.1, 0.15) is 51.9 Å². The Hall–Kier alpha value is -2.10. The second-order valence-corrected chi connectivity index (χ2v) is 4.52. The lowest BCUT2D eigenvalue weighted by molar-refractivity contribution is 0.0927. The van der Waals surface area contributed by atoms with Crippen molar-refractivity contribution in [2.45, 2.75) is 33.1 Å². The number of Topliss-reactive ketones (excluding diaryl/α,β-unsaturated/α-hetero) is 2. The topological polar surface area (TPSA) is 60.4 Å². The minimum atomic E-state index is -0.0727. The van der Waals surface area contributed by atoms with Crippen LogP contribution in [-0.4, -0.2) is 11.6 Å². The lowest BCUT2D eigenvalue weighted by Gasteiger charge is -1.98. The minimum Gasteiger partial charge on any atom is -0.458 e. The SMILES string of the molecule is Cc1ccc(C(=O)CCCC(=O)c2ccc(C)o2)o1. The molecule has 0 aliphatic heterocycles. The number of carbonyl (C=O) groups is 2. The van der Waals surface area contributed by atoms with E-state index in [9.17, 15) is 9.59 Å². The van der Waals surface area contributed by atoms with Crippen LogP contribution in [0, 0.1) is 13.8 Å². The number of rotatable bonds is 6. The van der Waals surface area contributed by atoms with Gasteiger partial charge in [0.25, 0.3) is 0 Å². The zero-order valence-corrected chi connectivity index (χ0v) is 11.1. The Kier molecular flexibility index (Phi) is 4.00. The highest BCUT2D eigenvalue weighted by Crippen LogP contribution is 2.14. The summed E-state index contributed by atoms with van der Waals surface area (Å²) in [5.41, 5.74) is 0. The summed E-state index contributed by atoms with van der Waals surface area (Å²) in [4.78, 5) is 23.5. The summed E-state index contributed by atoms with van der Waals surface area (Å²) in [6, 6.07) is 6.83. The van der Waals surface area contributed by atoms with E-state index in [0.717, 1.165) is 0 Å². The lowest BCUT2D eigenvalue weighted by Crippen LogP contribution is -2.01. The first-order valence-corrected chi connectivity index (χ1v) is 6.25. The highest BCUT2D eigenvalue weighted by atomic mass is 16.4. The molecule has 0 aromatic carbocycles. The van der Waals surface area contributed by atoms with Gasteiger partial charge in [0.05, 0.1) is 0 Å². The number of hydrogen-bond acceptors (Lipinski definition) is 4. The zero-order chi connectivity index (χ0) is 13.8. The molecule has 2 rings (SSSR count). The summed E-state index contributed by atoms with van der Waals surface area (Å²) >= 11 is 0. The molecule has 19 heavy (non-hydrogen) atoms. The molecule has 4 nitrogen and oxygen atoms in total. The minimum absolute atomic E-state index is 0.0727. The summed E-state index contributed by atoms with van der Waals surface area (Å²) in [5.74, 6) is 2.00. The first kappa shape index (κ1) is 13.3. The van der Waals surface area contributed by atoms with Crippen LogP contribution in [0.2, 0.25) is 0 Å². The Bertz CT molecular complexity index is 537. The normalized spacial score (nSPS) is 10.6. The fourth-order valence-corrected chi connectivity index (χ4v) is 1.82. The lowest BCUT2D eigenvalue weighted by atomic mass is 10.1. The van der Waals surface area contributed by atoms with E-state index in [2.05, 4.69) is 0 Å². The van der Waals surface area contributed by atoms with Crippen molar-refractivity contribution >= 4 is 11.6 Å². The monoisotopic (exact) mass is 260 g/mol. The molecule has 2 heterocycles. The first-order chi connectivity index (χ1) is 9.06. The molecule has 2 aromatic rings. The Morgan fingerprint density at radius 1 is 0.842 bits per heavy atom. The van der Waals surface area contributed by atoms with E-state index in [1.165, 1.54) is 0 Å². The van der Waals surface area contributed by atoms with E-state index in [0.29, 0.717) is 42.3 Å². The molecule has 0 spiro atoms. The van der Waals surface area contributed by atoms with Crippen molar-refractivity contribution in [1.82, 2.24) is 0 Å². The van der Waals surface area contributed by atoms with E-state index in [1.807, 2.05) is 0 Å². The molecular weight excluding hydrogens is 244 g/mol. The molecule has 0 N–H and O–H groups in total. The van der Waals surface area contributed by atoms with Gasteiger partial charge in [-0.1, -0.05) is 0 Å². The van der Waals surface area contributed by atoms with Crippen LogP contribution in [0.15, 0.2) is 33.1 Å². The van der Waals surface area contributed by atoms with Gasteiger partial charge in [0.2, 0.25) is 0 Å². The average molecular weight is 260 g/mol. The Balaban J connectivity index is 1.80. The number of ketones is 2. The summed E-state index contributed by atoms with van der Waals surface area (Å²) < 4.78 is 10.5. The molecule has 0 amide bonds. The summed E-state index contributed by atoms with van der Waals surface area (Å²) in [5, 5.41) is 0. The second-order valence-electron chi connectivity index (χ2n) is 4.52. The third-order valence-corrected chi connectivity index (χ3v) is 2.84. The van der Waals surface area contributed by atoms with Gasteiger partial charge in [-0.25, -0.2) is 0 Å². The largest absolute Gasteiger partial charge is 0.458 e.